The van der Waals surface area contributed by atoms with Crippen LogP contribution >= 0.6 is 0 Å². The van der Waals surface area contributed by atoms with Gasteiger partial charge in [0.05, 0.1) is 0 Å². The van der Waals surface area contributed by atoms with Crippen molar-refractivity contribution in [3.8, 4) is 0 Å². The summed E-state index contributed by atoms with van der Waals surface area (Å²) in [6.07, 6.45) is 3.79. The first kappa shape index (κ1) is 17.0. The zero-order chi connectivity index (χ0) is 16.0. The van der Waals surface area contributed by atoms with Crippen LogP contribution in [-0.2, 0) is 9.59 Å². The van der Waals surface area contributed by atoms with Gasteiger partial charge in [-0.1, -0.05) is 44.0 Å². The summed E-state index contributed by atoms with van der Waals surface area (Å²) in [4.78, 5) is 23.0. The number of amides is 1. The van der Waals surface area contributed by atoms with Crippen LogP contribution in [0.1, 0.15) is 37.0 Å². The molecule has 0 saturated heterocycles. The fourth-order valence-corrected chi connectivity index (χ4v) is 2.06. The number of carbonyl (C=O) groups excluding carboxylic acids is 1. The molecule has 1 aromatic carbocycles. The molecule has 1 rings (SSSR count). The summed E-state index contributed by atoms with van der Waals surface area (Å²) >= 11 is 0. The monoisotopic (exact) mass is 289 g/mol. The molecule has 2 atom stereocenters. The molecule has 4 nitrogen and oxygen atoms in total. The maximum Gasteiger partial charge on any atom is 0.326 e. The molecule has 0 heterocycles. The predicted octanol–water partition coefficient (Wildman–Crippen LogP) is 2.93. The standard InChI is InChI=1S/C17H23NO3/c1-5-12(3)16(17(20)21)18-15(19)9-8-14-7-6-11(2)10-13(14)4/h6-10,12,16H,5H2,1-4H3,(H,18,19)(H,20,21)/t12?,16-/m0/s1. The Bertz CT molecular complexity index is 549. The summed E-state index contributed by atoms with van der Waals surface area (Å²) in [5.74, 6) is -1.50. The lowest BCUT2D eigenvalue weighted by Crippen LogP contribution is -2.44. The van der Waals surface area contributed by atoms with Gasteiger partial charge in [-0.05, 0) is 37.0 Å². The Hall–Kier alpha value is -2.10. The average molecular weight is 289 g/mol. The highest BCUT2D eigenvalue weighted by Crippen LogP contribution is 2.12. The number of carboxylic acid groups (broad SMARTS) is 1. The maximum absolute atomic E-state index is 11.9. The number of nitrogens with one attached hydrogen (secondary N) is 1. The third-order valence-electron chi connectivity index (χ3n) is 3.62. The molecule has 2 N–H and O–H groups in total. The van der Waals surface area contributed by atoms with Crippen LogP contribution in [0, 0.1) is 19.8 Å². The Morgan fingerprint density at radius 2 is 2.00 bits per heavy atom. The van der Waals surface area contributed by atoms with Gasteiger partial charge in [-0.25, -0.2) is 4.79 Å². The van der Waals surface area contributed by atoms with Crippen molar-refractivity contribution in [1.82, 2.24) is 5.32 Å². The van der Waals surface area contributed by atoms with E-state index in [0.29, 0.717) is 6.42 Å². The lowest BCUT2D eigenvalue weighted by Gasteiger charge is -2.19. The van der Waals surface area contributed by atoms with Gasteiger partial charge in [-0.3, -0.25) is 4.79 Å². The van der Waals surface area contributed by atoms with Crippen LogP contribution in [0.25, 0.3) is 6.08 Å². The van der Waals surface area contributed by atoms with Crippen molar-refractivity contribution in [2.75, 3.05) is 0 Å². The first-order valence-corrected chi connectivity index (χ1v) is 7.13. The zero-order valence-corrected chi connectivity index (χ0v) is 13.0. The van der Waals surface area contributed by atoms with Crippen molar-refractivity contribution in [2.24, 2.45) is 5.92 Å². The number of aliphatic carboxylic acids is 1. The second kappa shape index (κ2) is 7.62. The molecule has 21 heavy (non-hydrogen) atoms. The van der Waals surface area contributed by atoms with Gasteiger partial charge in [0.25, 0.3) is 0 Å². The smallest absolute Gasteiger partial charge is 0.326 e. The molecule has 0 saturated carbocycles. The van der Waals surface area contributed by atoms with Gasteiger partial charge >= 0.3 is 5.97 Å². The van der Waals surface area contributed by atoms with E-state index in [0.717, 1.165) is 16.7 Å². The highest BCUT2D eigenvalue weighted by atomic mass is 16.4. The number of hydrogen-bond donors (Lipinski definition) is 2. The van der Waals surface area contributed by atoms with E-state index in [1.54, 1.807) is 6.08 Å². The third-order valence-corrected chi connectivity index (χ3v) is 3.62. The lowest BCUT2D eigenvalue weighted by atomic mass is 9.99. The van der Waals surface area contributed by atoms with E-state index >= 15 is 0 Å². The fourth-order valence-electron chi connectivity index (χ4n) is 2.06. The fraction of sp³-hybridized carbons (Fsp3) is 0.412. The minimum atomic E-state index is -1.00. The molecule has 1 aromatic rings. The Balaban J connectivity index is 2.76. The maximum atomic E-state index is 11.9. The molecule has 114 valence electrons. The minimum Gasteiger partial charge on any atom is -0.480 e. The van der Waals surface area contributed by atoms with Gasteiger partial charge in [0.2, 0.25) is 5.91 Å². The van der Waals surface area contributed by atoms with Crippen molar-refractivity contribution in [1.29, 1.82) is 0 Å². The summed E-state index contributed by atoms with van der Waals surface area (Å²) < 4.78 is 0. The minimum absolute atomic E-state index is 0.110. The van der Waals surface area contributed by atoms with Crippen molar-refractivity contribution < 1.29 is 14.7 Å². The molecule has 0 radical (unpaired) electrons. The highest BCUT2D eigenvalue weighted by molar-refractivity contribution is 5.94. The average Bonchev–Trinajstić information content (AvgIpc) is 2.42. The summed E-state index contributed by atoms with van der Waals surface area (Å²) in [6, 6.07) is 5.10. The summed E-state index contributed by atoms with van der Waals surface area (Å²) in [7, 11) is 0. The third kappa shape index (κ3) is 5.06. The summed E-state index contributed by atoms with van der Waals surface area (Å²) in [5, 5.41) is 11.7. The Morgan fingerprint density at radius 1 is 1.33 bits per heavy atom. The molecule has 0 aliphatic rings. The van der Waals surface area contributed by atoms with E-state index in [1.165, 1.54) is 6.08 Å². The van der Waals surface area contributed by atoms with E-state index in [1.807, 2.05) is 45.9 Å². The molecule has 0 aliphatic carbocycles. The molecule has 4 heteroatoms. The number of carbonyl (C=O) groups is 2. The van der Waals surface area contributed by atoms with Crippen molar-refractivity contribution in [3.05, 3.63) is 41.0 Å². The normalized spacial score (nSPS) is 13.9. The van der Waals surface area contributed by atoms with E-state index in [2.05, 4.69) is 5.32 Å². The molecule has 1 amide bonds. The zero-order valence-electron chi connectivity index (χ0n) is 13.0. The summed E-state index contributed by atoms with van der Waals surface area (Å²) in [6.45, 7) is 7.70. The van der Waals surface area contributed by atoms with Gasteiger partial charge in [-0.15, -0.1) is 0 Å². The summed E-state index contributed by atoms with van der Waals surface area (Å²) in [5.41, 5.74) is 3.19. The molecule has 1 unspecified atom stereocenters. The van der Waals surface area contributed by atoms with Crippen molar-refractivity contribution in [3.63, 3.8) is 0 Å². The van der Waals surface area contributed by atoms with E-state index in [-0.39, 0.29) is 11.8 Å². The van der Waals surface area contributed by atoms with Crippen LogP contribution in [0.5, 0.6) is 0 Å². The first-order valence-electron chi connectivity index (χ1n) is 7.13. The number of hydrogen-bond acceptors (Lipinski definition) is 2. The molecular formula is C17H23NO3. The van der Waals surface area contributed by atoms with Gasteiger partial charge in [0.15, 0.2) is 0 Å². The van der Waals surface area contributed by atoms with Crippen LogP contribution in [0.2, 0.25) is 0 Å². The van der Waals surface area contributed by atoms with Crippen molar-refractivity contribution >= 4 is 18.0 Å². The van der Waals surface area contributed by atoms with Crippen LogP contribution in [0.15, 0.2) is 24.3 Å². The Labute approximate surface area is 125 Å². The SMILES string of the molecule is CCC(C)[C@H](NC(=O)C=Cc1ccc(C)cc1C)C(=O)O. The lowest BCUT2D eigenvalue weighted by molar-refractivity contribution is -0.142. The van der Waals surface area contributed by atoms with Crippen LogP contribution in [-0.4, -0.2) is 23.0 Å². The van der Waals surface area contributed by atoms with E-state index in [9.17, 15) is 9.59 Å². The topological polar surface area (TPSA) is 66.4 Å². The number of aryl methyl sites for hydroxylation is 2. The quantitative estimate of drug-likeness (QED) is 0.791. The van der Waals surface area contributed by atoms with Crippen LogP contribution < -0.4 is 5.32 Å². The van der Waals surface area contributed by atoms with Crippen molar-refractivity contribution in [2.45, 2.75) is 40.2 Å². The molecule has 0 spiro atoms. The molecule has 0 aromatic heterocycles. The Kier molecular flexibility index (Phi) is 6.15. The number of benzene rings is 1. The molecule has 0 bridgehead atoms. The second-order valence-electron chi connectivity index (χ2n) is 5.40. The molecule has 0 fully saturated rings. The van der Waals surface area contributed by atoms with Crippen LogP contribution in [0.3, 0.4) is 0 Å². The Morgan fingerprint density at radius 3 is 2.52 bits per heavy atom. The van der Waals surface area contributed by atoms with Gasteiger partial charge < -0.3 is 10.4 Å². The van der Waals surface area contributed by atoms with E-state index in [4.69, 9.17) is 5.11 Å². The van der Waals surface area contributed by atoms with Gasteiger partial charge in [0, 0.05) is 6.08 Å². The molecule has 0 aliphatic heterocycles. The predicted molar refractivity (Wildman–Crippen MR) is 84.0 cm³/mol. The van der Waals surface area contributed by atoms with E-state index < -0.39 is 12.0 Å². The number of rotatable bonds is 6. The molecular weight excluding hydrogens is 266 g/mol. The second-order valence-corrected chi connectivity index (χ2v) is 5.40. The van der Waals surface area contributed by atoms with Crippen LogP contribution in [0.4, 0.5) is 0 Å². The number of carboxylic acids is 1. The van der Waals surface area contributed by atoms with Gasteiger partial charge in [-0.2, -0.15) is 0 Å². The first-order chi connectivity index (χ1) is 9.85. The largest absolute Gasteiger partial charge is 0.480 e. The van der Waals surface area contributed by atoms with Gasteiger partial charge in [0.1, 0.15) is 6.04 Å². The highest BCUT2D eigenvalue weighted by Gasteiger charge is 2.24.